The first-order chi connectivity index (χ1) is 29.0. The van der Waals surface area contributed by atoms with Gasteiger partial charge in [0.05, 0.1) is 18.8 Å². The molecule has 0 aromatic carbocycles. The first-order valence-corrected chi connectivity index (χ1v) is 25.9. The summed E-state index contributed by atoms with van der Waals surface area (Å²) in [5.41, 5.74) is 0. The number of aliphatic hydroxyl groups is 4. The van der Waals surface area contributed by atoms with Crippen LogP contribution in [-0.4, -0.2) is 57.3 Å². The van der Waals surface area contributed by atoms with Gasteiger partial charge in [-0.25, -0.2) is 0 Å². The quantitative estimate of drug-likeness (QED) is 0.0310. The number of aliphatic hydroxyl groups excluding tert-OH is 4. The van der Waals surface area contributed by atoms with Gasteiger partial charge in [0, 0.05) is 0 Å². The van der Waals surface area contributed by atoms with E-state index < -0.39 is 36.9 Å². The number of carbonyl (C=O) groups is 1. The summed E-state index contributed by atoms with van der Waals surface area (Å²) in [4.78, 5) is 12.5. The number of hydrogen-bond donors (Lipinski definition) is 5. The molecule has 5 N–H and O–H groups in total. The van der Waals surface area contributed by atoms with Crippen LogP contribution in [0.15, 0.2) is 36.5 Å². The molecule has 4 unspecified atom stereocenters. The van der Waals surface area contributed by atoms with Gasteiger partial charge in [0.1, 0.15) is 12.2 Å². The standard InChI is InChI=1S/C53H101NO5/c1-3-5-7-9-11-13-15-17-19-21-22-23-24-25-26-27-28-29-31-32-34-36-38-40-42-44-46-50(56)52(58)49(48-55)54-53(59)51(57)47-45-43-41-39-37-35-33-30-20-18-16-14-12-10-8-6-4-2/h31-33,35,38,40,49-52,55-58H,3-30,34,36-37,39,41-48H2,1-2H3,(H,54,59)/b32-31+,35-33-,40-38+. The van der Waals surface area contributed by atoms with Gasteiger partial charge < -0.3 is 25.7 Å². The average molecular weight is 832 g/mol. The molecule has 0 fully saturated rings. The van der Waals surface area contributed by atoms with Crippen molar-refractivity contribution in [2.75, 3.05) is 6.61 Å². The van der Waals surface area contributed by atoms with Crippen LogP contribution in [0.5, 0.6) is 0 Å². The molecule has 0 saturated heterocycles. The van der Waals surface area contributed by atoms with E-state index in [4.69, 9.17) is 0 Å². The van der Waals surface area contributed by atoms with E-state index >= 15 is 0 Å². The van der Waals surface area contributed by atoms with Crippen molar-refractivity contribution >= 4 is 5.91 Å². The Hall–Kier alpha value is -1.47. The smallest absolute Gasteiger partial charge is 0.249 e. The Bertz CT molecular complexity index is 935. The molecule has 0 radical (unpaired) electrons. The van der Waals surface area contributed by atoms with Crippen LogP contribution in [0.3, 0.4) is 0 Å². The van der Waals surface area contributed by atoms with Crippen LogP contribution in [-0.2, 0) is 4.79 Å². The lowest BCUT2D eigenvalue weighted by atomic mass is 10.00. The maximum atomic E-state index is 12.5. The van der Waals surface area contributed by atoms with Crippen molar-refractivity contribution in [1.29, 1.82) is 0 Å². The van der Waals surface area contributed by atoms with Crippen molar-refractivity contribution < 1.29 is 25.2 Å². The zero-order valence-corrected chi connectivity index (χ0v) is 39.3. The van der Waals surface area contributed by atoms with Gasteiger partial charge in [-0.05, 0) is 77.0 Å². The monoisotopic (exact) mass is 832 g/mol. The molecule has 0 bridgehead atoms. The second-order valence-corrected chi connectivity index (χ2v) is 17.8. The third-order valence-corrected chi connectivity index (χ3v) is 12.1. The first kappa shape index (κ1) is 57.5. The number of carbonyl (C=O) groups excluding carboxylic acids is 1. The third-order valence-electron chi connectivity index (χ3n) is 12.1. The van der Waals surface area contributed by atoms with Crippen LogP contribution in [0.2, 0.25) is 0 Å². The molecule has 0 rings (SSSR count). The van der Waals surface area contributed by atoms with Crippen LogP contribution in [0.1, 0.15) is 264 Å². The van der Waals surface area contributed by atoms with E-state index in [0.29, 0.717) is 19.3 Å². The van der Waals surface area contributed by atoms with Gasteiger partial charge in [-0.3, -0.25) is 4.79 Å². The van der Waals surface area contributed by atoms with Crippen LogP contribution in [0.4, 0.5) is 0 Å². The van der Waals surface area contributed by atoms with Gasteiger partial charge >= 0.3 is 0 Å². The summed E-state index contributed by atoms with van der Waals surface area (Å²) < 4.78 is 0. The fourth-order valence-corrected chi connectivity index (χ4v) is 7.95. The molecule has 0 aliphatic carbocycles. The fraction of sp³-hybridized carbons (Fsp3) is 0.868. The van der Waals surface area contributed by atoms with Crippen molar-refractivity contribution in [2.45, 2.75) is 289 Å². The zero-order chi connectivity index (χ0) is 43.1. The third kappa shape index (κ3) is 41.6. The van der Waals surface area contributed by atoms with Crippen LogP contribution < -0.4 is 5.32 Å². The summed E-state index contributed by atoms with van der Waals surface area (Å²) in [6.45, 7) is 4.05. The molecule has 6 nitrogen and oxygen atoms in total. The van der Waals surface area contributed by atoms with Gasteiger partial charge in [0.2, 0.25) is 5.91 Å². The topological polar surface area (TPSA) is 110 Å². The molecular weight excluding hydrogens is 731 g/mol. The van der Waals surface area contributed by atoms with Crippen molar-refractivity contribution in [1.82, 2.24) is 5.32 Å². The molecule has 4 atom stereocenters. The van der Waals surface area contributed by atoms with Crippen LogP contribution in [0.25, 0.3) is 0 Å². The molecule has 0 heterocycles. The van der Waals surface area contributed by atoms with E-state index in [9.17, 15) is 25.2 Å². The van der Waals surface area contributed by atoms with Gasteiger partial charge in [0.15, 0.2) is 0 Å². The SMILES string of the molecule is CCCCCCCCCCC/C=C\CCCCCCC(O)C(=O)NC(CO)C(O)C(O)CCC/C=C/CC/C=C/CCCCCCCCCCCCCCCCCCC. The number of unbranched alkanes of at least 4 members (excludes halogenated alkanes) is 32. The van der Waals surface area contributed by atoms with Crippen LogP contribution in [0, 0.1) is 0 Å². The molecule has 6 heteroatoms. The molecular formula is C53H101NO5. The Kier molecular flexibility index (Phi) is 46.4. The average Bonchev–Trinajstić information content (AvgIpc) is 3.24. The maximum absolute atomic E-state index is 12.5. The van der Waals surface area contributed by atoms with Crippen LogP contribution >= 0.6 is 0 Å². The Morgan fingerprint density at radius 3 is 1.07 bits per heavy atom. The molecule has 0 aromatic rings. The molecule has 348 valence electrons. The molecule has 1 amide bonds. The second-order valence-electron chi connectivity index (χ2n) is 17.8. The van der Waals surface area contributed by atoms with Crippen molar-refractivity contribution in [3.63, 3.8) is 0 Å². The summed E-state index contributed by atoms with van der Waals surface area (Å²) in [5.74, 6) is -0.605. The largest absolute Gasteiger partial charge is 0.394 e. The van der Waals surface area contributed by atoms with Crippen molar-refractivity contribution in [3.05, 3.63) is 36.5 Å². The van der Waals surface area contributed by atoms with E-state index in [2.05, 4.69) is 55.6 Å². The Morgan fingerprint density at radius 2 is 0.712 bits per heavy atom. The number of rotatable bonds is 47. The summed E-state index contributed by atoms with van der Waals surface area (Å²) in [7, 11) is 0. The molecule has 59 heavy (non-hydrogen) atoms. The lowest BCUT2D eigenvalue weighted by Crippen LogP contribution is -2.53. The predicted molar refractivity (Wildman–Crippen MR) is 256 cm³/mol. The number of hydrogen-bond acceptors (Lipinski definition) is 5. The Morgan fingerprint density at radius 1 is 0.407 bits per heavy atom. The Labute approximate surface area is 367 Å². The van der Waals surface area contributed by atoms with Gasteiger partial charge in [-0.2, -0.15) is 0 Å². The Balaban J connectivity index is 3.73. The number of allylic oxidation sites excluding steroid dienone is 6. The van der Waals surface area contributed by atoms with E-state index in [0.717, 1.165) is 51.4 Å². The molecule has 0 spiro atoms. The predicted octanol–water partition coefficient (Wildman–Crippen LogP) is 14.5. The minimum Gasteiger partial charge on any atom is -0.394 e. The molecule has 0 saturated carbocycles. The maximum Gasteiger partial charge on any atom is 0.249 e. The van der Waals surface area contributed by atoms with E-state index in [1.54, 1.807) is 0 Å². The van der Waals surface area contributed by atoms with Crippen molar-refractivity contribution in [2.24, 2.45) is 0 Å². The van der Waals surface area contributed by atoms with E-state index in [-0.39, 0.29) is 0 Å². The molecule has 0 aliphatic heterocycles. The highest BCUT2D eigenvalue weighted by molar-refractivity contribution is 5.80. The van der Waals surface area contributed by atoms with E-state index in [1.165, 1.54) is 180 Å². The second kappa shape index (κ2) is 47.6. The zero-order valence-electron chi connectivity index (χ0n) is 39.3. The minimum atomic E-state index is -1.29. The summed E-state index contributed by atoms with van der Waals surface area (Å²) in [6, 6.07) is -1.01. The molecule has 0 aromatic heterocycles. The highest BCUT2D eigenvalue weighted by Crippen LogP contribution is 2.16. The van der Waals surface area contributed by atoms with Gasteiger partial charge in [-0.15, -0.1) is 0 Å². The minimum absolute atomic E-state index is 0.346. The first-order valence-electron chi connectivity index (χ1n) is 25.9. The van der Waals surface area contributed by atoms with E-state index in [1.807, 2.05) is 0 Å². The lowest BCUT2D eigenvalue weighted by Gasteiger charge is -2.27. The fourth-order valence-electron chi connectivity index (χ4n) is 7.95. The normalized spacial score (nSPS) is 14.2. The lowest BCUT2D eigenvalue weighted by molar-refractivity contribution is -0.132. The summed E-state index contributed by atoms with van der Waals surface area (Å²) >= 11 is 0. The summed E-state index contributed by atoms with van der Waals surface area (Å²) in [5, 5.41) is 43.8. The van der Waals surface area contributed by atoms with Gasteiger partial charge in [0.25, 0.3) is 0 Å². The number of nitrogens with one attached hydrogen (secondary N) is 1. The highest BCUT2D eigenvalue weighted by atomic mass is 16.3. The molecule has 0 aliphatic rings. The highest BCUT2D eigenvalue weighted by Gasteiger charge is 2.28. The van der Waals surface area contributed by atoms with Crippen molar-refractivity contribution in [3.8, 4) is 0 Å². The number of amides is 1. The summed E-state index contributed by atoms with van der Waals surface area (Å²) in [6.07, 6.45) is 57.7. The van der Waals surface area contributed by atoms with Gasteiger partial charge in [-0.1, -0.05) is 224 Å².